The van der Waals surface area contributed by atoms with Gasteiger partial charge in [0.1, 0.15) is 12.6 Å². The zero-order valence-electron chi connectivity index (χ0n) is 14.5. The fourth-order valence-electron chi connectivity index (χ4n) is 3.24. The Morgan fingerprint density at radius 2 is 1.73 bits per heavy atom. The summed E-state index contributed by atoms with van der Waals surface area (Å²) in [6.07, 6.45) is 6.06. The number of hydrogen-bond acceptors (Lipinski definition) is 4. The monoisotopic (exact) mass is 357 g/mol. The second kappa shape index (κ2) is 9.56. The topological polar surface area (TPSA) is 119 Å². The van der Waals surface area contributed by atoms with Crippen molar-refractivity contribution in [2.24, 2.45) is 5.92 Å². The van der Waals surface area contributed by atoms with Crippen LogP contribution in [0.2, 0.25) is 0 Å². The standard InChI is InChI=1S/C19H23N3O4/c20-10-11-21-18(24)16(12-13-4-2-1-3-5-13)22-17(23)14-6-8-15(9-7-14)19(25)26/h6-9,13,16H,1-5,11-12H2,(H,21,24)(H,22,23)(H,25,26). The van der Waals surface area contributed by atoms with Crippen LogP contribution in [0.5, 0.6) is 0 Å². The van der Waals surface area contributed by atoms with E-state index >= 15 is 0 Å². The Labute approximate surface area is 152 Å². The van der Waals surface area contributed by atoms with Gasteiger partial charge in [-0.2, -0.15) is 5.26 Å². The van der Waals surface area contributed by atoms with E-state index in [1.807, 2.05) is 6.07 Å². The van der Waals surface area contributed by atoms with E-state index < -0.39 is 17.9 Å². The summed E-state index contributed by atoms with van der Waals surface area (Å²) in [5, 5.41) is 22.8. The van der Waals surface area contributed by atoms with Crippen LogP contribution < -0.4 is 10.6 Å². The molecule has 7 heteroatoms. The van der Waals surface area contributed by atoms with Gasteiger partial charge in [0.25, 0.3) is 5.91 Å². The third-order valence-electron chi connectivity index (χ3n) is 4.65. The largest absolute Gasteiger partial charge is 0.478 e. The fourth-order valence-corrected chi connectivity index (χ4v) is 3.24. The van der Waals surface area contributed by atoms with Crippen LogP contribution in [-0.4, -0.2) is 35.5 Å². The van der Waals surface area contributed by atoms with Crippen LogP contribution in [0.4, 0.5) is 0 Å². The number of rotatable bonds is 7. The number of nitrogens with one attached hydrogen (secondary N) is 2. The Kier molecular flexibility index (Phi) is 7.15. The lowest BCUT2D eigenvalue weighted by Gasteiger charge is -2.26. The maximum absolute atomic E-state index is 12.5. The quantitative estimate of drug-likeness (QED) is 0.646. The van der Waals surface area contributed by atoms with Crippen LogP contribution in [0.15, 0.2) is 24.3 Å². The van der Waals surface area contributed by atoms with Crippen LogP contribution in [0.1, 0.15) is 59.2 Å². The lowest BCUT2D eigenvalue weighted by Crippen LogP contribution is -2.48. The van der Waals surface area contributed by atoms with Crippen molar-refractivity contribution in [3.8, 4) is 6.07 Å². The molecule has 1 aromatic rings. The molecule has 3 N–H and O–H groups in total. The zero-order valence-corrected chi connectivity index (χ0v) is 14.5. The van der Waals surface area contributed by atoms with E-state index in [0.717, 1.165) is 25.7 Å². The fraction of sp³-hybridized carbons (Fsp3) is 0.474. The number of nitrogens with zero attached hydrogens (tertiary/aromatic N) is 1. The third-order valence-corrected chi connectivity index (χ3v) is 4.65. The molecule has 0 aromatic heterocycles. The van der Waals surface area contributed by atoms with E-state index in [0.29, 0.717) is 12.3 Å². The molecule has 1 aliphatic rings. The van der Waals surface area contributed by atoms with Gasteiger partial charge >= 0.3 is 5.97 Å². The van der Waals surface area contributed by atoms with E-state index in [1.54, 1.807) is 0 Å². The molecule has 2 rings (SSSR count). The number of nitriles is 1. The molecule has 138 valence electrons. The Balaban J connectivity index is 2.05. The van der Waals surface area contributed by atoms with Gasteiger partial charge in [-0.05, 0) is 36.6 Å². The van der Waals surface area contributed by atoms with Crippen LogP contribution >= 0.6 is 0 Å². The first-order chi connectivity index (χ1) is 12.5. The van der Waals surface area contributed by atoms with Gasteiger partial charge in [-0.1, -0.05) is 32.1 Å². The SMILES string of the molecule is N#CCNC(=O)C(CC1CCCCC1)NC(=O)c1ccc(C(=O)O)cc1. The van der Waals surface area contributed by atoms with Gasteiger partial charge in [0, 0.05) is 5.56 Å². The van der Waals surface area contributed by atoms with Crippen LogP contribution in [0.3, 0.4) is 0 Å². The number of carboxylic acids is 1. The van der Waals surface area contributed by atoms with E-state index in [1.165, 1.54) is 30.7 Å². The molecule has 1 atom stereocenters. The molecule has 0 heterocycles. The lowest BCUT2D eigenvalue weighted by atomic mass is 9.84. The molecular formula is C19H23N3O4. The van der Waals surface area contributed by atoms with Crippen molar-refractivity contribution >= 4 is 17.8 Å². The molecule has 0 bridgehead atoms. The van der Waals surface area contributed by atoms with Crippen molar-refractivity contribution in [1.82, 2.24) is 10.6 Å². The predicted molar refractivity (Wildman–Crippen MR) is 94.5 cm³/mol. The summed E-state index contributed by atoms with van der Waals surface area (Å²) in [5.41, 5.74) is 0.379. The van der Waals surface area contributed by atoms with Gasteiger partial charge in [0.2, 0.25) is 5.91 Å². The number of carboxylic acid groups (broad SMARTS) is 1. The molecule has 7 nitrogen and oxygen atoms in total. The zero-order chi connectivity index (χ0) is 18.9. The minimum absolute atomic E-state index is 0.0899. The molecule has 2 amide bonds. The van der Waals surface area contributed by atoms with Crippen LogP contribution in [0, 0.1) is 17.2 Å². The van der Waals surface area contributed by atoms with Crippen molar-refractivity contribution in [2.45, 2.75) is 44.6 Å². The lowest BCUT2D eigenvalue weighted by molar-refractivity contribution is -0.123. The third kappa shape index (κ3) is 5.59. The molecule has 26 heavy (non-hydrogen) atoms. The second-order valence-corrected chi connectivity index (χ2v) is 6.52. The number of aromatic carboxylic acids is 1. The highest BCUT2D eigenvalue weighted by molar-refractivity contribution is 5.98. The minimum atomic E-state index is -1.07. The van der Waals surface area contributed by atoms with Gasteiger partial charge in [-0.15, -0.1) is 0 Å². The molecule has 0 radical (unpaired) electrons. The highest BCUT2D eigenvalue weighted by Gasteiger charge is 2.26. The Hall–Kier alpha value is -2.88. The van der Waals surface area contributed by atoms with E-state index in [2.05, 4.69) is 10.6 Å². The molecule has 1 aromatic carbocycles. The number of carbonyl (C=O) groups is 3. The van der Waals surface area contributed by atoms with Gasteiger partial charge < -0.3 is 15.7 Å². The van der Waals surface area contributed by atoms with Gasteiger partial charge in [-0.3, -0.25) is 9.59 Å². The Bertz CT molecular complexity index is 688. The smallest absolute Gasteiger partial charge is 0.335 e. The first-order valence-corrected chi connectivity index (χ1v) is 8.80. The number of carbonyl (C=O) groups excluding carboxylic acids is 2. The average Bonchev–Trinajstić information content (AvgIpc) is 2.66. The average molecular weight is 357 g/mol. The normalized spacial score (nSPS) is 15.5. The number of hydrogen-bond donors (Lipinski definition) is 3. The molecule has 0 saturated heterocycles. The van der Waals surface area contributed by atoms with Crippen LogP contribution in [0.25, 0.3) is 0 Å². The van der Waals surface area contributed by atoms with Crippen molar-refractivity contribution in [3.63, 3.8) is 0 Å². The number of benzene rings is 1. The van der Waals surface area contributed by atoms with Gasteiger partial charge in [-0.25, -0.2) is 4.79 Å². The highest BCUT2D eigenvalue weighted by atomic mass is 16.4. The van der Waals surface area contributed by atoms with Crippen molar-refractivity contribution in [1.29, 1.82) is 5.26 Å². The summed E-state index contributed by atoms with van der Waals surface area (Å²) in [6, 6.07) is 6.69. The van der Waals surface area contributed by atoms with Crippen molar-refractivity contribution in [3.05, 3.63) is 35.4 Å². The van der Waals surface area contributed by atoms with Crippen molar-refractivity contribution in [2.75, 3.05) is 6.54 Å². The van der Waals surface area contributed by atoms with Crippen molar-refractivity contribution < 1.29 is 19.5 Å². The highest BCUT2D eigenvalue weighted by Crippen LogP contribution is 2.27. The Morgan fingerprint density at radius 1 is 1.12 bits per heavy atom. The van der Waals surface area contributed by atoms with Crippen LogP contribution in [-0.2, 0) is 4.79 Å². The summed E-state index contributed by atoms with van der Waals surface area (Å²) >= 11 is 0. The molecule has 1 fully saturated rings. The first-order valence-electron chi connectivity index (χ1n) is 8.80. The summed E-state index contributed by atoms with van der Waals surface area (Å²) in [7, 11) is 0. The minimum Gasteiger partial charge on any atom is -0.478 e. The molecule has 1 aliphatic carbocycles. The maximum Gasteiger partial charge on any atom is 0.335 e. The Morgan fingerprint density at radius 3 is 2.31 bits per heavy atom. The van der Waals surface area contributed by atoms with E-state index in [9.17, 15) is 14.4 Å². The first kappa shape index (κ1) is 19.4. The van der Waals surface area contributed by atoms with Gasteiger partial charge in [0.15, 0.2) is 0 Å². The summed E-state index contributed by atoms with van der Waals surface area (Å²) in [6.45, 7) is -0.108. The molecule has 0 spiro atoms. The predicted octanol–water partition coefficient (Wildman–Crippen LogP) is 2.09. The molecule has 1 unspecified atom stereocenters. The second-order valence-electron chi connectivity index (χ2n) is 6.52. The molecule has 1 saturated carbocycles. The summed E-state index contributed by atoms with van der Waals surface area (Å²) in [5.74, 6) is -1.50. The van der Waals surface area contributed by atoms with Gasteiger partial charge in [0.05, 0.1) is 11.6 Å². The summed E-state index contributed by atoms with van der Waals surface area (Å²) < 4.78 is 0. The molecular weight excluding hydrogens is 334 g/mol. The van der Waals surface area contributed by atoms with E-state index in [-0.39, 0.29) is 23.6 Å². The number of amides is 2. The molecule has 0 aliphatic heterocycles. The van der Waals surface area contributed by atoms with E-state index in [4.69, 9.17) is 10.4 Å². The maximum atomic E-state index is 12.5. The summed E-state index contributed by atoms with van der Waals surface area (Å²) in [4.78, 5) is 35.7.